The summed E-state index contributed by atoms with van der Waals surface area (Å²) in [4.78, 5) is 54.2. The van der Waals surface area contributed by atoms with Crippen LogP contribution in [0, 0.1) is 11.8 Å². The number of ether oxygens (including phenoxy) is 1. The second-order valence-corrected chi connectivity index (χ2v) is 13.5. The molecule has 1 aliphatic heterocycles. The van der Waals surface area contributed by atoms with Crippen LogP contribution in [0.25, 0.3) is 0 Å². The Balaban J connectivity index is 1.25. The Labute approximate surface area is 282 Å². The van der Waals surface area contributed by atoms with Gasteiger partial charge < -0.3 is 10.1 Å². The van der Waals surface area contributed by atoms with Gasteiger partial charge >= 0.3 is 5.97 Å². The molecule has 0 unspecified atom stereocenters. The number of anilines is 1. The van der Waals surface area contributed by atoms with Gasteiger partial charge in [0, 0.05) is 12.1 Å². The Hall–Kier alpha value is -4.46. The molecule has 3 atom stereocenters. The third-order valence-electron chi connectivity index (χ3n) is 9.62. The van der Waals surface area contributed by atoms with Gasteiger partial charge in [-0.3, -0.25) is 19.3 Å². The number of nitrogens with zero attached hydrogens (tertiary/aromatic N) is 1. The van der Waals surface area contributed by atoms with Gasteiger partial charge in [0.2, 0.25) is 17.7 Å². The van der Waals surface area contributed by atoms with Crippen LogP contribution in [0.1, 0.15) is 57.9 Å². The van der Waals surface area contributed by atoms with E-state index in [1.54, 1.807) is 24.3 Å². The zero-order valence-electron chi connectivity index (χ0n) is 25.6. The topological polar surface area (TPSA) is 92.8 Å². The standard InChI is InChI=1S/C38H32Cl2N2O5/c1-2-3-21-47-36(46)24-17-19-25(20-18-24)41-33(43)30(22-23-11-5-4-6-12-23)42-34(44)31-32(35(42)45)38(40)27-14-8-7-13-26(27)37(31,39)28-15-9-10-16-29(28)38/h4-20,30-32H,2-3,21-22H2,1H3,(H,41,43)/t30-,31-,32-,37?,38?/m0/s1. The number of hydrogen-bond acceptors (Lipinski definition) is 5. The number of halogens is 2. The van der Waals surface area contributed by atoms with Crippen LogP contribution in [0.15, 0.2) is 103 Å². The summed E-state index contributed by atoms with van der Waals surface area (Å²) in [7, 11) is 0. The highest BCUT2D eigenvalue weighted by Gasteiger charge is 2.73. The lowest BCUT2D eigenvalue weighted by Crippen LogP contribution is -2.57. The summed E-state index contributed by atoms with van der Waals surface area (Å²) >= 11 is 15.2. The molecule has 9 heteroatoms. The van der Waals surface area contributed by atoms with Crippen molar-refractivity contribution in [2.24, 2.45) is 11.8 Å². The van der Waals surface area contributed by atoms with Gasteiger partial charge in [-0.25, -0.2) is 4.79 Å². The molecule has 1 N–H and O–H groups in total. The lowest BCUT2D eigenvalue weighted by molar-refractivity contribution is -0.146. The average Bonchev–Trinajstić information content (AvgIpc) is 3.37. The molecular weight excluding hydrogens is 635 g/mol. The monoisotopic (exact) mass is 666 g/mol. The number of nitrogens with one attached hydrogen (secondary N) is 1. The maximum atomic E-state index is 14.7. The highest BCUT2D eigenvalue weighted by Crippen LogP contribution is 2.69. The highest BCUT2D eigenvalue weighted by molar-refractivity contribution is 6.36. The number of amides is 3. The van der Waals surface area contributed by atoms with E-state index in [4.69, 9.17) is 27.9 Å². The Morgan fingerprint density at radius 3 is 1.74 bits per heavy atom. The lowest BCUT2D eigenvalue weighted by Gasteiger charge is -2.54. The number of carbonyl (C=O) groups excluding carboxylic acids is 4. The molecule has 3 aliphatic carbocycles. The molecule has 4 aliphatic rings. The number of rotatable bonds is 9. The molecule has 7 nitrogen and oxygen atoms in total. The van der Waals surface area contributed by atoms with Crippen molar-refractivity contribution in [2.45, 2.75) is 42.0 Å². The van der Waals surface area contributed by atoms with E-state index in [0.29, 0.717) is 40.1 Å². The maximum absolute atomic E-state index is 14.7. The Morgan fingerprint density at radius 1 is 0.766 bits per heavy atom. The van der Waals surface area contributed by atoms with Crippen LogP contribution < -0.4 is 5.32 Å². The van der Waals surface area contributed by atoms with Crippen molar-refractivity contribution in [2.75, 3.05) is 11.9 Å². The summed E-state index contributed by atoms with van der Waals surface area (Å²) in [6, 6.07) is 29.2. The molecule has 4 aromatic rings. The lowest BCUT2D eigenvalue weighted by atomic mass is 9.54. The zero-order valence-corrected chi connectivity index (χ0v) is 27.1. The largest absolute Gasteiger partial charge is 0.462 e. The number of carbonyl (C=O) groups is 4. The predicted molar refractivity (Wildman–Crippen MR) is 179 cm³/mol. The van der Waals surface area contributed by atoms with Gasteiger partial charge in [0.25, 0.3) is 0 Å². The quantitative estimate of drug-likeness (QED) is 0.0920. The van der Waals surface area contributed by atoms with Gasteiger partial charge in [0.1, 0.15) is 15.8 Å². The highest BCUT2D eigenvalue weighted by atomic mass is 35.5. The van der Waals surface area contributed by atoms with Gasteiger partial charge in [-0.2, -0.15) is 0 Å². The van der Waals surface area contributed by atoms with Crippen LogP contribution in [0.5, 0.6) is 0 Å². The predicted octanol–water partition coefficient (Wildman–Crippen LogP) is 6.79. The van der Waals surface area contributed by atoms with E-state index in [1.165, 1.54) is 0 Å². The Bertz CT molecular complexity index is 1770. The first-order chi connectivity index (χ1) is 22.7. The minimum Gasteiger partial charge on any atom is -0.462 e. The molecule has 238 valence electrons. The van der Waals surface area contributed by atoms with Crippen LogP contribution in [0.3, 0.4) is 0 Å². The van der Waals surface area contributed by atoms with E-state index in [1.807, 2.05) is 85.8 Å². The number of benzene rings is 4. The first kappa shape index (κ1) is 31.2. The smallest absolute Gasteiger partial charge is 0.338 e. The van der Waals surface area contributed by atoms with Gasteiger partial charge in [-0.1, -0.05) is 92.2 Å². The molecule has 2 bridgehead atoms. The first-order valence-electron chi connectivity index (χ1n) is 15.8. The number of likely N-dealkylation sites (tertiary alicyclic amines) is 1. The third kappa shape index (κ3) is 4.78. The second kappa shape index (κ2) is 12.0. The summed E-state index contributed by atoms with van der Waals surface area (Å²) in [5.74, 6) is -4.13. The minimum absolute atomic E-state index is 0.0793. The molecule has 0 spiro atoms. The molecule has 0 aromatic heterocycles. The van der Waals surface area contributed by atoms with Crippen LogP contribution in [-0.4, -0.2) is 41.2 Å². The molecule has 1 saturated heterocycles. The normalized spacial score (nSPS) is 24.3. The SMILES string of the molecule is CCCCOC(=O)c1ccc(NC(=O)[C@H](Cc2ccccc2)N2C(=O)[C@@H]3[C@@H](C2=O)C2(Cl)c4ccccc4C3(Cl)c3ccccc32)cc1. The number of imide groups is 1. The van der Waals surface area contributed by atoms with Crippen LogP contribution in [-0.2, 0) is 35.3 Å². The molecule has 8 rings (SSSR count). The second-order valence-electron chi connectivity index (χ2n) is 12.3. The molecular formula is C38H32Cl2N2O5. The minimum atomic E-state index is -1.36. The number of hydrogen-bond donors (Lipinski definition) is 1. The summed E-state index contributed by atoms with van der Waals surface area (Å²) in [6.07, 6.45) is 1.76. The van der Waals surface area contributed by atoms with E-state index in [9.17, 15) is 19.2 Å². The van der Waals surface area contributed by atoms with Gasteiger partial charge in [-0.15, -0.1) is 23.2 Å². The van der Waals surface area contributed by atoms with E-state index >= 15 is 0 Å². The molecule has 0 saturated carbocycles. The van der Waals surface area contributed by atoms with Gasteiger partial charge in [-0.05, 0) is 58.5 Å². The molecule has 1 heterocycles. The zero-order chi connectivity index (χ0) is 32.9. The summed E-state index contributed by atoms with van der Waals surface area (Å²) in [5, 5.41) is 2.87. The fourth-order valence-electron chi connectivity index (χ4n) is 7.44. The molecule has 0 radical (unpaired) electrons. The van der Waals surface area contributed by atoms with E-state index < -0.39 is 51.3 Å². The molecule has 4 aromatic carbocycles. The number of alkyl halides is 2. The van der Waals surface area contributed by atoms with Crippen LogP contribution >= 0.6 is 23.2 Å². The van der Waals surface area contributed by atoms with E-state index in [0.717, 1.165) is 23.3 Å². The fraction of sp³-hybridized carbons (Fsp3) is 0.263. The average molecular weight is 668 g/mol. The van der Waals surface area contributed by atoms with Crippen LogP contribution in [0.2, 0.25) is 0 Å². The van der Waals surface area contributed by atoms with Gasteiger partial charge in [0.05, 0.1) is 24.0 Å². The van der Waals surface area contributed by atoms with E-state index in [-0.39, 0.29) is 6.42 Å². The van der Waals surface area contributed by atoms with Crippen LogP contribution in [0.4, 0.5) is 5.69 Å². The van der Waals surface area contributed by atoms with Crippen molar-refractivity contribution in [1.29, 1.82) is 0 Å². The van der Waals surface area contributed by atoms with Crippen molar-refractivity contribution < 1.29 is 23.9 Å². The molecule has 1 fully saturated rings. The third-order valence-corrected chi connectivity index (χ3v) is 10.9. The van der Waals surface area contributed by atoms with Crippen molar-refractivity contribution in [3.05, 3.63) is 137 Å². The van der Waals surface area contributed by atoms with Crippen molar-refractivity contribution in [3.8, 4) is 0 Å². The Kier molecular flexibility index (Phi) is 7.93. The summed E-state index contributed by atoms with van der Waals surface area (Å²) in [6.45, 7) is 2.34. The van der Waals surface area contributed by atoms with Crippen molar-refractivity contribution >= 4 is 52.6 Å². The van der Waals surface area contributed by atoms with E-state index in [2.05, 4.69) is 5.32 Å². The maximum Gasteiger partial charge on any atom is 0.338 e. The Morgan fingerprint density at radius 2 is 1.26 bits per heavy atom. The summed E-state index contributed by atoms with van der Waals surface area (Å²) in [5.41, 5.74) is 4.28. The number of esters is 1. The fourth-order valence-corrected chi connectivity index (χ4v) is 8.54. The summed E-state index contributed by atoms with van der Waals surface area (Å²) < 4.78 is 5.29. The first-order valence-corrected chi connectivity index (χ1v) is 16.5. The number of unbranched alkanes of at least 4 members (excludes halogenated alkanes) is 1. The van der Waals surface area contributed by atoms with Crippen molar-refractivity contribution in [3.63, 3.8) is 0 Å². The molecule has 3 amide bonds. The molecule has 47 heavy (non-hydrogen) atoms. The van der Waals surface area contributed by atoms with Gasteiger partial charge in [0.15, 0.2) is 0 Å². The van der Waals surface area contributed by atoms with Crippen molar-refractivity contribution in [1.82, 2.24) is 4.90 Å².